The van der Waals surface area contributed by atoms with Crippen LogP contribution in [0.5, 0.6) is 0 Å². The highest BCUT2D eigenvalue weighted by atomic mass is 16.3. The molecule has 2 heteroatoms. The van der Waals surface area contributed by atoms with Gasteiger partial charge in [-0.1, -0.05) is 152 Å². The number of fused-ring (bicyclic) bond motifs is 5. The van der Waals surface area contributed by atoms with Gasteiger partial charge in [0.1, 0.15) is 11.2 Å². The van der Waals surface area contributed by atoms with Gasteiger partial charge in [-0.15, -0.1) is 0 Å². The van der Waals surface area contributed by atoms with Crippen molar-refractivity contribution in [2.75, 3.05) is 4.90 Å². The zero-order valence-corrected chi connectivity index (χ0v) is 30.2. The van der Waals surface area contributed by atoms with Crippen LogP contribution in [0.15, 0.2) is 198 Å². The van der Waals surface area contributed by atoms with Gasteiger partial charge in [-0.3, -0.25) is 0 Å². The largest absolute Gasteiger partial charge is 0.456 e. The van der Waals surface area contributed by atoms with Gasteiger partial charge in [0.25, 0.3) is 0 Å². The maximum Gasteiger partial charge on any atom is 0.136 e. The number of allylic oxidation sites excluding steroid dienone is 10. The molecule has 0 saturated carbocycles. The predicted molar refractivity (Wildman–Crippen MR) is 229 cm³/mol. The smallest absolute Gasteiger partial charge is 0.136 e. The summed E-state index contributed by atoms with van der Waals surface area (Å²) < 4.78 is 6.24. The Kier molecular flexibility index (Phi) is 8.30. The molecule has 0 spiro atoms. The second-order valence-corrected chi connectivity index (χ2v) is 14.6. The number of hydrogen-bond acceptors (Lipinski definition) is 2. The lowest BCUT2D eigenvalue weighted by Crippen LogP contribution is -2.30. The third kappa shape index (κ3) is 5.94. The van der Waals surface area contributed by atoms with Crippen molar-refractivity contribution in [2.45, 2.75) is 31.7 Å². The monoisotopic (exact) mass is 695 g/mol. The van der Waals surface area contributed by atoms with Crippen molar-refractivity contribution < 1.29 is 4.42 Å². The zero-order chi connectivity index (χ0) is 35.8. The van der Waals surface area contributed by atoms with E-state index in [9.17, 15) is 0 Å². The highest BCUT2D eigenvalue weighted by molar-refractivity contribution is 6.19. The van der Waals surface area contributed by atoms with Gasteiger partial charge in [0, 0.05) is 33.6 Å². The summed E-state index contributed by atoms with van der Waals surface area (Å²) in [5.74, 6) is 0.478. The molecule has 1 aromatic heterocycles. The van der Waals surface area contributed by atoms with Crippen molar-refractivity contribution in [3.05, 3.63) is 205 Å². The highest BCUT2D eigenvalue weighted by Crippen LogP contribution is 2.41. The third-order valence-electron chi connectivity index (χ3n) is 11.4. The van der Waals surface area contributed by atoms with Gasteiger partial charge in [-0.05, 0) is 106 Å². The van der Waals surface area contributed by atoms with Crippen molar-refractivity contribution in [3.8, 4) is 11.1 Å². The lowest BCUT2D eigenvalue weighted by molar-refractivity contribution is 0.669. The Morgan fingerprint density at radius 1 is 0.537 bits per heavy atom. The van der Waals surface area contributed by atoms with Crippen molar-refractivity contribution in [1.82, 2.24) is 0 Å². The van der Waals surface area contributed by atoms with E-state index in [-0.39, 0.29) is 6.04 Å². The molecule has 0 amide bonds. The summed E-state index contributed by atoms with van der Waals surface area (Å²) in [5.41, 5.74) is 13.2. The van der Waals surface area contributed by atoms with Gasteiger partial charge in [-0.25, -0.2) is 0 Å². The molecule has 54 heavy (non-hydrogen) atoms. The Bertz CT molecular complexity index is 2720. The Morgan fingerprint density at radius 3 is 2.11 bits per heavy atom. The first kappa shape index (κ1) is 32.3. The number of benzene rings is 6. The Hall–Kier alpha value is -6.38. The van der Waals surface area contributed by atoms with Crippen molar-refractivity contribution in [3.63, 3.8) is 0 Å². The fraction of sp³-hybridized carbons (Fsp3) is 0.115. The van der Waals surface area contributed by atoms with Gasteiger partial charge in [-0.2, -0.15) is 0 Å². The second kappa shape index (κ2) is 13.9. The minimum Gasteiger partial charge on any atom is -0.456 e. The number of furan rings is 1. The number of nitrogens with zero attached hydrogens (tertiary/aromatic N) is 1. The molecule has 2 nitrogen and oxygen atoms in total. The van der Waals surface area contributed by atoms with E-state index in [0.717, 1.165) is 42.2 Å². The summed E-state index contributed by atoms with van der Waals surface area (Å²) in [5, 5.41) is 4.80. The molecule has 10 rings (SSSR count). The number of para-hydroxylation sites is 2. The molecule has 2 unspecified atom stereocenters. The van der Waals surface area contributed by atoms with Gasteiger partial charge in [0.15, 0.2) is 0 Å². The van der Waals surface area contributed by atoms with Crippen LogP contribution in [0, 0.1) is 5.92 Å². The fourth-order valence-corrected chi connectivity index (χ4v) is 8.60. The predicted octanol–water partition coefficient (Wildman–Crippen LogP) is 14.2. The fourth-order valence-electron chi connectivity index (χ4n) is 8.60. The topological polar surface area (TPSA) is 16.4 Å². The van der Waals surface area contributed by atoms with Crippen LogP contribution in [0.1, 0.15) is 36.8 Å². The summed E-state index contributed by atoms with van der Waals surface area (Å²) >= 11 is 0. The van der Waals surface area contributed by atoms with Crippen LogP contribution in [0.25, 0.3) is 55.0 Å². The lowest BCUT2D eigenvalue weighted by Gasteiger charge is -2.35. The molecule has 0 bridgehead atoms. The molecule has 0 radical (unpaired) electrons. The molecule has 0 N–H and O–H groups in total. The van der Waals surface area contributed by atoms with Crippen LogP contribution >= 0.6 is 0 Å². The molecule has 3 aliphatic rings. The summed E-state index contributed by atoms with van der Waals surface area (Å²) in [6.07, 6.45) is 25.5. The first-order valence-corrected chi connectivity index (χ1v) is 19.3. The molecular weight excluding hydrogens is 655 g/mol. The minimum atomic E-state index is 0.140. The molecule has 3 aliphatic carbocycles. The SMILES string of the molecule is C1=CC(C2C=CC(c3ccc(N(c4ccccc4-c4ccccc4)C4C=CC(c5ccc6ccc7oc8ccccc8c7c6c5)=CC4)cc3)=CC2)=CCC1. The van der Waals surface area contributed by atoms with Crippen molar-refractivity contribution in [1.29, 1.82) is 0 Å². The van der Waals surface area contributed by atoms with E-state index >= 15 is 0 Å². The first-order valence-electron chi connectivity index (χ1n) is 19.3. The molecule has 0 fully saturated rings. The number of hydrogen-bond donors (Lipinski definition) is 0. The quantitative estimate of drug-likeness (QED) is 0.165. The summed E-state index contributed by atoms with van der Waals surface area (Å²) in [6, 6.07) is 48.4. The Labute approximate surface area is 317 Å². The van der Waals surface area contributed by atoms with Crippen LogP contribution in [-0.2, 0) is 0 Å². The zero-order valence-electron chi connectivity index (χ0n) is 30.2. The summed E-state index contributed by atoms with van der Waals surface area (Å²) in [7, 11) is 0. The van der Waals surface area contributed by atoms with E-state index in [2.05, 4.69) is 187 Å². The van der Waals surface area contributed by atoms with Gasteiger partial charge in [0.05, 0.1) is 6.04 Å². The van der Waals surface area contributed by atoms with Crippen LogP contribution in [0.2, 0.25) is 0 Å². The molecular formula is C52H41NO. The van der Waals surface area contributed by atoms with E-state index < -0.39 is 0 Å². The maximum absolute atomic E-state index is 6.24. The van der Waals surface area contributed by atoms with Crippen molar-refractivity contribution >= 4 is 55.2 Å². The molecule has 7 aromatic rings. The number of anilines is 2. The van der Waals surface area contributed by atoms with Gasteiger partial charge >= 0.3 is 0 Å². The molecule has 0 aliphatic heterocycles. The molecule has 260 valence electrons. The minimum absolute atomic E-state index is 0.140. The molecule has 2 atom stereocenters. The van der Waals surface area contributed by atoms with E-state index in [4.69, 9.17) is 4.42 Å². The highest BCUT2D eigenvalue weighted by Gasteiger charge is 2.24. The Balaban J connectivity index is 0.984. The Morgan fingerprint density at radius 2 is 1.30 bits per heavy atom. The number of rotatable bonds is 7. The summed E-state index contributed by atoms with van der Waals surface area (Å²) in [6.45, 7) is 0. The molecule has 6 aromatic carbocycles. The average Bonchev–Trinajstić information content (AvgIpc) is 3.64. The maximum atomic E-state index is 6.24. The van der Waals surface area contributed by atoms with Crippen LogP contribution in [-0.4, -0.2) is 6.04 Å². The van der Waals surface area contributed by atoms with Gasteiger partial charge < -0.3 is 9.32 Å². The van der Waals surface area contributed by atoms with Gasteiger partial charge in [0.2, 0.25) is 0 Å². The van der Waals surface area contributed by atoms with Crippen LogP contribution in [0.3, 0.4) is 0 Å². The van der Waals surface area contributed by atoms with Crippen LogP contribution < -0.4 is 4.90 Å². The average molecular weight is 696 g/mol. The first-order chi connectivity index (χ1) is 26.8. The molecule has 0 saturated heterocycles. The van der Waals surface area contributed by atoms with Crippen molar-refractivity contribution in [2.24, 2.45) is 5.92 Å². The standard InChI is InChI=1S/C52H41NO/c1-3-11-36(12-4-1)37-19-21-38(22-20-37)39-25-30-44(31-26-39)53(49-17-9-7-15-46(49)41-13-5-2-6-14-41)45-32-27-40(28-33-45)43-24-23-42-29-34-51-52(48(42)35-43)47-16-8-10-18-50(47)54-51/h2-3,5-19,21-32,34-35,37,45H,1,4,20,33H2. The third-order valence-corrected chi connectivity index (χ3v) is 11.4. The van der Waals surface area contributed by atoms with E-state index in [1.807, 2.05) is 6.07 Å². The molecule has 1 heterocycles. The van der Waals surface area contributed by atoms with E-state index in [0.29, 0.717) is 5.92 Å². The summed E-state index contributed by atoms with van der Waals surface area (Å²) in [4.78, 5) is 2.53. The van der Waals surface area contributed by atoms with E-state index in [1.54, 1.807) is 0 Å². The van der Waals surface area contributed by atoms with E-state index in [1.165, 1.54) is 66.5 Å². The normalized spacial score (nSPS) is 18.2. The second-order valence-electron chi connectivity index (χ2n) is 14.6. The van der Waals surface area contributed by atoms with Crippen LogP contribution in [0.4, 0.5) is 11.4 Å². The lowest BCUT2D eigenvalue weighted by atomic mass is 9.86.